The molecule has 1 rings (SSSR count). The largest absolute Gasteiger partial charge is 0.473 e. The van der Waals surface area contributed by atoms with Crippen LogP contribution in [0, 0.1) is 6.92 Å². The molecule has 0 aliphatic heterocycles. The van der Waals surface area contributed by atoms with E-state index >= 15 is 0 Å². The Morgan fingerprint density at radius 2 is 1.67 bits per heavy atom. The van der Waals surface area contributed by atoms with Gasteiger partial charge in [0.25, 0.3) is 5.56 Å². The van der Waals surface area contributed by atoms with E-state index in [0.717, 1.165) is 0 Å². The molecular formula is C7H8N2O6. The molecule has 15 heavy (non-hydrogen) atoms. The molecule has 0 atom stereocenters. The van der Waals surface area contributed by atoms with Gasteiger partial charge in [0.1, 0.15) is 0 Å². The average Bonchev–Trinajstić information content (AvgIpc) is 2.13. The number of nitrogens with one attached hydrogen (secondary N) is 2. The number of aromatic amines is 2. The molecule has 0 amide bonds. The maximum atomic E-state index is 10.6. The summed E-state index contributed by atoms with van der Waals surface area (Å²) in [5, 5.41) is 14.8. The third-order valence-electron chi connectivity index (χ3n) is 1.19. The molecule has 4 N–H and O–H groups in total. The number of hydrogen-bond donors (Lipinski definition) is 4. The van der Waals surface area contributed by atoms with Crippen LogP contribution in [0.2, 0.25) is 0 Å². The van der Waals surface area contributed by atoms with E-state index in [0.29, 0.717) is 5.56 Å². The lowest BCUT2D eigenvalue weighted by Gasteiger charge is -1.84. The normalized spacial score (nSPS) is 8.60. The number of aryl methyl sites for hydroxylation is 1. The topological polar surface area (TPSA) is 140 Å². The van der Waals surface area contributed by atoms with Crippen molar-refractivity contribution in [3.8, 4) is 0 Å². The molecule has 8 nitrogen and oxygen atoms in total. The number of rotatable bonds is 0. The van der Waals surface area contributed by atoms with Crippen LogP contribution in [-0.4, -0.2) is 32.1 Å². The van der Waals surface area contributed by atoms with E-state index in [1.807, 2.05) is 0 Å². The molecule has 0 aliphatic rings. The molecule has 0 aromatic carbocycles. The van der Waals surface area contributed by atoms with E-state index in [9.17, 15) is 9.59 Å². The number of H-pyrrole nitrogens is 2. The van der Waals surface area contributed by atoms with Gasteiger partial charge in [-0.25, -0.2) is 14.4 Å². The third kappa shape index (κ3) is 5.03. The molecule has 0 radical (unpaired) electrons. The standard InChI is InChI=1S/C5H6N2O2.C2H2O4/c1-3-2-6-5(9)7-4(3)8;3-1(4)2(5)6/h2H,1H3,(H2,6,7,8,9);(H,3,4)(H,5,6). The van der Waals surface area contributed by atoms with Gasteiger partial charge in [0.15, 0.2) is 0 Å². The molecule has 0 spiro atoms. The number of aromatic nitrogens is 2. The number of hydrogen-bond acceptors (Lipinski definition) is 4. The Balaban J connectivity index is 0.000000288. The lowest BCUT2D eigenvalue weighted by molar-refractivity contribution is -0.159. The van der Waals surface area contributed by atoms with Crippen molar-refractivity contribution in [2.75, 3.05) is 0 Å². The van der Waals surface area contributed by atoms with Gasteiger partial charge in [-0.3, -0.25) is 9.78 Å². The number of carboxylic acids is 2. The summed E-state index contributed by atoms with van der Waals surface area (Å²) >= 11 is 0. The van der Waals surface area contributed by atoms with Crippen LogP contribution in [-0.2, 0) is 9.59 Å². The van der Waals surface area contributed by atoms with Crippen molar-refractivity contribution < 1.29 is 19.8 Å². The number of carboxylic acid groups (broad SMARTS) is 2. The predicted octanol–water partition coefficient (Wildman–Crippen LogP) is -1.47. The lowest BCUT2D eigenvalue weighted by atomic mass is 10.4. The van der Waals surface area contributed by atoms with E-state index < -0.39 is 17.6 Å². The maximum Gasteiger partial charge on any atom is 0.414 e. The van der Waals surface area contributed by atoms with Crippen molar-refractivity contribution in [2.24, 2.45) is 0 Å². The molecule has 1 aromatic rings. The van der Waals surface area contributed by atoms with Crippen LogP contribution in [0.5, 0.6) is 0 Å². The smallest absolute Gasteiger partial charge is 0.414 e. The second-order valence-corrected chi connectivity index (χ2v) is 2.37. The predicted molar refractivity (Wildman–Crippen MR) is 47.7 cm³/mol. The van der Waals surface area contributed by atoms with Crippen molar-refractivity contribution in [2.45, 2.75) is 6.92 Å². The second-order valence-electron chi connectivity index (χ2n) is 2.37. The van der Waals surface area contributed by atoms with Gasteiger partial charge in [-0.2, -0.15) is 0 Å². The van der Waals surface area contributed by atoms with Crippen molar-refractivity contribution in [1.82, 2.24) is 9.97 Å². The summed E-state index contributed by atoms with van der Waals surface area (Å²) in [4.78, 5) is 43.5. The van der Waals surface area contributed by atoms with E-state index in [1.54, 1.807) is 6.92 Å². The first-order valence-corrected chi connectivity index (χ1v) is 3.59. The summed E-state index contributed by atoms with van der Waals surface area (Å²) in [5.74, 6) is -3.65. The molecule has 1 aromatic heterocycles. The van der Waals surface area contributed by atoms with Crippen LogP contribution < -0.4 is 11.2 Å². The molecule has 82 valence electrons. The Bertz CT molecular complexity index is 459. The lowest BCUT2D eigenvalue weighted by Crippen LogP contribution is -2.22. The summed E-state index contributed by atoms with van der Waals surface area (Å²) in [6, 6.07) is 0. The van der Waals surface area contributed by atoms with Gasteiger partial charge in [-0.1, -0.05) is 0 Å². The van der Waals surface area contributed by atoms with Crippen LogP contribution in [0.3, 0.4) is 0 Å². The monoisotopic (exact) mass is 216 g/mol. The zero-order chi connectivity index (χ0) is 12.0. The van der Waals surface area contributed by atoms with Crippen molar-refractivity contribution in [1.29, 1.82) is 0 Å². The fourth-order valence-corrected chi connectivity index (χ4v) is 0.477. The minimum atomic E-state index is -1.82. The first kappa shape index (κ1) is 12.6. The summed E-state index contributed by atoms with van der Waals surface area (Å²) in [5.41, 5.74) is -0.293. The summed E-state index contributed by atoms with van der Waals surface area (Å²) in [6.07, 6.45) is 1.38. The molecule has 8 heteroatoms. The van der Waals surface area contributed by atoms with Crippen LogP contribution in [0.15, 0.2) is 15.8 Å². The Morgan fingerprint density at radius 3 is 1.93 bits per heavy atom. The van der Waals surface area contributed by atoms with Crippen molar-refractivity contribution in [3.05, 3.63) is 32.6 Å². The van der Waals surface area contributed by atoms with Gasteiger partial charge < -0.3 is 15.2 Å². The molecule has 0 saturated carbocycles. The highest BCUT2D eigenvalue weighted by molar-refractivity contribution is 6.27. The Hall–Kier alpha value is -2.38. The molecule has 1 heterocycles. The first-order chi connectivity index (χ1) is 6.84. The quantitative estimate of drug-likeness (QED) is 0.390. The van der Waals surface area contributed by atoms with E-state index in [4.69, 9.17) is 19.8 Å². The van der Waals surface area contributed by atoms with Gasteiger partial charge in [0.2, 0.25) is 0 Å². The van der Waals surface area contributed by atoms with E-state index in [-0.39, 0.29) is 5.56 Å². The SMILES string of the molecule is Cc1c[nH]c(=O)[nH]c1=O.O=C(O)C(=O)O. The molecule has 0 aliphatic carbocycles. The van der Waals surface area contributed by atoms with Crippen LogP contribution >= 0.6 is 0 Å². The molecule has 0 bridgehead atoms. The highest BCUT2D eigenvalue weighted by Gasteiger charge is 2.04. The van der Waals surface area contributed by atoms with Gasteiger partial charge >= 0.3 is 17.6 Å². The average molecular weight is 216 g/mol. The molecular weight excluding hydrogens is 208 g/mol. The highest BCUT2D eigenvalue weighted by atomic mass is 16.4. The minimum absolute atomic E-state index is 0.334. The molecule has 0 fully saturated rings. The number of aliphatic carboxylic acids is 2. The van der Waals surface area contributed by atoms with Crippen molar-refractivity contribution >= 4 is 11.9 Å². The Kier molecular flexibility index (Phi) is 4.52. The van der Waals surface area contributed by atoms with E-state index in [2.05, 4.69) is 9.97 Å². The van der Waals surface area contributed by atoms with Gasteiger partial charge in [0.05, 0.1) is 0 Å². The maximum absolute atomic E-state index is 10.6. The first-order valence-electron chi connectivity index (χ1n) is 3.59. The van der Waals surface area contributed by atoms with Crippen LogP contribution in [0.1, 0.15) is 5.56 Å². The zero-order valence-electron chi connectivity index (χ0n) is 7.60. The molecule has 0 unspecified atom stereocenters. The summed E-state index contributed by atoms with van der Waals surface area (Å²) in [6.45, 7) is 1.62. The van der Waals surface area contributed by atoms with Gasteiger partial charge in [-0.15, -0.1) is 0 Å². The Morgan fingerprint density at radius 1 is 1.20 bits per heavy atom. The zero-order valence-corrected chi connectivity index (χ0v) is 7.60. The Labute approximate surface area is 82.2 Å². The van der Waals surface area contributed by atoms with Crippen LogP contribution in [0.4, 0.5) is 0 Å². The number of carbonyl (C=O) groups is 2. The van der Waals surface area contributed by atoms with Gasteiger partial charge in [0, 0.05) is 11.8 Å². The third-order valence-corrected chi connectivity index (χ3v) is 1.19. The molecule has 0 saturated heterocycles. The minimum Gasteiger partial charge on any atom is -0.473 e. The van der Waals surface area contributed by atoms with Crippen LogP contribution in [0.25, 0.3) is 0 Å². The van der Waals surface area contributed by atoms with E-state index in [1.165, 1.54) is 6.20 Å². The van der Waals surface area contributed by atoms with Crippen molar-refractivity contribution in [3.63, 3.8) is 0 Å². The summed E-state index contributed by atoms with van der Waals surface area (Å²) < 4.78 is 0. The van der Waals surface area contributed by atoms with Gasteiger partial charge in [-0.05, 0) is 6.92 Å². The second kappa shape index (κ2) is 5.37. The fourth-order valence-electron chi connectivity index (χ4n) is 0.477. The summed E-state index contributed by atoms with van der Waals surface area (Å²) in [7, 11) is 0. The highest BCUT2D eigenvalue weighted by Crippen LogP contribution is 1.73. The fraction of sp³-hybridized carbons (Fsp3) is 0.143.